The van der Waals surface area contributed by atoms with E-state index >= 15 is 0 Å². The molecule has 2 heterocycles. The number of guanidine groups is 1. The van der Waals surface area contributed by atoms with E-state index in [-0.39, 0.29) is 11.9 Å². The van der Waals surface area contributed by atoms with Gasteiger partial charge in [0.1, 0.15) is 6.54 Å². The molecule has 3 rings (SSSR count). The Bertz CT molecular complexity index is 539. The molecule has 94 valence electrons. The van der Waals surface area contributed by atoms with Crippen molar-refractivity contribution in [3.8, 4) is 0 Å². The maximum atomic E-state index is 11.5. The number of amides is 1. The number of rotatable bonds is 2. The Hall–Kier alpha value is -1.88. The molecule has 1 unspecified atom stereocenters. The predicted molar refractivity (Wildman–Crippen MR) is 67.5 cm³/mol. The summed E-state index contributed by atoms with van der Waals surface area (Å²) in [6.07, 6.45) is 0. The van der Waals surface area contributed by atoms with E-state index in [1.54, 1.807) is 7.11 Å². The molecule has 0 spiro atoms. The van der Waals surface area contributed by atoms with Gasteiger partial charge in [-0.05, 0) is 18.6 Å². The summed E-state index contributed by atoms with van der Waals surface area (Å²) in [6, 6.07) is 6.12. The van der Waals surface area contributed by atoms with E-state index in [1.807, 2.05) is 23.1 Å². The van der Waals surface area contributed by atoms with E-state index < -0.39 is 0 Å². The molecule has 0 saturated carbocycles. The number of hydrogen-bond acceptors (Lipinski definition) is 4. The summed E-state index contributed by atoms with van der Waals surface area (Å²) in [4.78, 5) is 18.0. The van der Waals surface area contributed by atoms with Gasteiger partial charge in [-0.3, -0.25) is 10.1 Å². The molecule has 0 aromatic heterocycles. The van der Waals surface area contributed by atoms with Gasteiger partial charge in [-0.1, -0.05) is 12.1 Å². The van der Waals surface area contributed by atoms with Gasteiger partial charge in [0.15, 0.2) is 0 Å². The first-order valence-corrected chi connectivity index (χ1v) is 5.96. The van der Waals surface area contributed by atoms with Crippen LogP contribution in [0.25, 0.3) is 0 Å². The van der Waals surface area contributed by atoms with E-state index in [1.165, 1.54) is 0 Å². The standard InChI is InChI=1S/C13H15N3O2/c1-8-12-9(7-18-2)4-3-5-10(12)14-13-15-11(17)6-16(8)13/h3-5,8H,6-7H2,1-2H3,(H,14,15,17). The fourth-order valence-electron chi connectivity index (χ4n) is 2.61. The lowest BCUT2D eigenvalue weighted by atomic mass is 9.97. The van der Waals surface area contributed by atoms with Gasteiger partial charge in [0.25, 0.3) is 0 Å². The molecule has 0 radical (unpaired) electrons. The van der Waals surface area contributed by atoms with Crippen LogP contribution in [0, 0.1) is 0 Å². The highest BCUT2D eigenvalue weighted by molar-refractivity contribution is 6.06. The van der Waals surface area contributed by atoms with Crippen LogP contribution in [0.15, 0.2) is 23.2 Å². The molecule has 0 bridgehead atoms. The van der Waals surface area contributed by atoms with Crippen LogP contribution < -0.4 is 5.32 Å². The third-order valence-corrected chi connectivity index (χ3v) is 3.42. The van der Waals surface area contributed by atoms with Crippen LogP contribution in [0.3, 0.4) is 0 Å². The number of benzene rings is 1. The molecule has 1 saturated heterocycles. The predicted octanol–water partition coefficient (Wildman–Crippen LogP) is 1.33. The normalized spacial score (nSPS) is 21.2. The number of methoxy groups -OCH3 is 1. The van der Waals surface area contributed by atoms with Crippen molar-refractivity contribution in [2.75, 3.05) is 13.7 Å². The average molecular weight is 245 g/mol. The quantitative estimate of drug-likeness (QED) is 0.855. The van der Waals surface area contributed by atoms with Crippen molar-refractivity contribution in [1.82, 2.24) is 10.2 Å². The maximum Gasteiger partial charge on any atom is 0.246 e. The zero-order chi connectivity index (χ0) is 12.7. The molecule has 1 atom stereocenters. The number of carbonyl (C=O) groups excluding carboxylic acids is 1. The summed E-state index contributed by atoms with van der Waals surface area (Å²) in [7, 11) is 1.68. The van der Waals surface area contributed by atoms with Gasteiger partial charge in [0.2, 0.25) is 11.9 Å². The highest BCUT2D eigenvalue weighted by Gasteiger charge is 2.35. The van der Waals surface area contributed by atoms with Crippen LogP contribution in [0.2, 0.25) is 0 Å². The van der Waals surface area contributed by atoms with E-state index in [0.29, 0.717) is 19.1 Å². The largest absolute Gasteiger partial charge is 0.380 e. The molecule has 18 heavy (non-hydrogen) atoms. The first-order valence-electron chi connectivity index (χ1n) is 5.96. The van der Waals surface area contributed by atoms with Crippen molar-refractivity contribution >= 4 is 17.6 Å². The van der Waals surface area contributed by atoms with Crippen molar-refractivity contribution in [3.05, 3.63) is 29.3 Å². The monoisotopic (exact) mass is 245 g/mol. The first-order chi connectivity index (χ1) is 8.70. The molecule has 1 aromatic carbocycles. The maximum absolute atomic E-state index is 11.5. The van der Waals surface area contributed by atoms with Gasteiger partial charge in [-0.2, -0.15) is 0 Å². The number of nitrogens with zero attached hydrogens (tertiary/aromatic N) is 2. The summed E-state index contributed by atoms with van der Waals surface area (Å²) in [5, 5.41) is 2.78. The van der Waals surface area contributed by atoms with Crippen molar-refractivity contribution < 1.29 is 9.53 Å². The zero-order valence-corrected chi connectivity index (χ0v) is 10.4. The minimum absolute atomic E-state index is 0.00157. The topological polar surface area (TPSA) is 53.9 Å². The number of fused-ring (bicyclic) bond motifs is 2. The van der Waals surface area contributed by atoms with Crippen LogP contribution >= 0.6 is 0 Å². The number of nitrogens with one attached hydrogen (secondary N) is 1. The van der Waals surface area contributed by atoms with Gasteiger partial charge >= 0.3 is 0 Å². The summed E-state index contributed by atoms with van der Waals surface area (Å²) in [6.45, 7) is 3.03. The zero-order valence-electron chi connectivity index (χ0n) is 10.4. The van der Waals surface area contributed by atoms with Crippen molar-refractivity contribution in [3.63, 3.8) is 0 Å². The van der Waals surface area contributed by atoms with E-state index in [0.717, 1.165) is 16.8 Å². The molecule has 1 fully saturated rings. The highest BCUT2D eigenvalue weighted by Crippen LogP contribution is 2.37. The molecule has 1 N–H and O–H groups in total. The third-order valence-electron chi connectivity index (χ3n) is 3.42. The van der Waals surface area contributed by atoms with Crippen LogP contribution in [-0.2, 0) is 16.1 Å². The summed E-state index contributed by atoms with van der Waals surface area (Å²) in [5.74, 6) is 0.663. The Morgan fingerprint density at radius 3 is 3.17 bits per heavy atom. The van der Waals surface area contributed by atoms with E-state index in [9.17, 15) is 4.79 Å². The Labute approximate surface area is 105 Å². The van der Waals surface area contributed by atoms with E-state index in [2.05, 4.69) is 17.2 Å². The second-order valence-electron chi connectivity index (χ2n) is 4.57. The lowest BCUT2D eigenvalue weighted by molar-refractivity contribution is -0.118. The Morgan fingerprint density at radius 2 is 2.39 bits per heavy atom. The molecule has 5 heteroatoms. The molecular formula is C13H15N3O2. The molecule has 0 aliphatic carbocycles. The van der Waals surface area contributed by atoms with Crippen molar-refractivity contribution in [2.24, 2.45) is 4.99 Å². The Balaban J connectivity index is 2.09. The fraction of sp³-hybridized carbons (Fsp3) is 0.385. The number of carbonyl (C=O) groups is 1. The van der Waals surface area contributed by atoms with Crippen molar-refractivity contribution in [2.45, 2.75) is 19.6 Å². The van der Waals surface area contributed by atoms with Gasteiger partial charge in [-0.15, -0.1) is 0 Å². The lowest BCUT2D eigenvalue weighted by Crippen LogP contribution is -2.35. The lowest BCUT2D eigenvalue weighted by Gasteiger charge is -2.31. The summed E-state index contributed by atoms with van der Waals surface area (Å²) in [5.41, 5.74) is 3.20. The van der Waals surface area contributed by atoms with Gasteiger partial charge in [0, 0.05) is 12.7 Å². The smallest absolute Gasteiger partial charge is 0.246 e. The second kappa shape index (κ2) is 4.10. The minimum atomic E-state index is 0.00157. The van der Waals surface area contributed by atoms with Gasteiger partial charge < -0.3 is 9.64 Å². The number of aliphatic imine (C=N–C) groups is 1. The first kappa shape index (κ1) is 11.2. The second-order valence-corrected chi connectivity index (χ2v) is 4.57. The van der Waals surface area contributed by atoms with Gasteiger partial charge in [0.05, 0.1) is 18.3 Å². The SMILES string of the molecule is COCc1cccc2c1C(C)N1CC(=O)NC1=N2. The van der Waals surface area contributed by atoms with Crippen LogP contribution in [0.5, 0.6) is 0 Å². The average Bonchev–Trinajstić information content (AvgIpc) is 2.71. The molecule has 1 amide bonds. The van der Waals surface area contributed by atoms with Gasteiger partial charge in [-0.25, -0.2) is 4.99 Å². The number of hydrogen-bond donors (Lipinski definition) is 1. The van der Waals surface area contributed by atoms with Crippen LogP contribution in [0.4, 0.5) is 5.69 Å². The van der Waals surface area contributed by atoms with Crippen molar-refractivity contribution in [1.29, 1.82) is 0 Å². The number of ether oxygens (including phenoxy) is 1. The Kier molecular flexibility index (Phi) is 2.56. The molecule has 2 aliphatic heterocycles. The fourth-order valence-corrected chi connectivity index (χ4v) is 2.61. The van der Waals surface area contributed by atoms with E-state index in [4.69, 9.17) is 4.74 Å². The summed E-state index contributed by atoms with van der Waals surface area (Å²) >= 11 is 0. The molecule has 5 nitrogen and oxygen atoms in total. The summed E-state index contributed by atoms with van der Waals surface area (Å²) < 4.78 is 5.23. The molecule has 1 aromatic rings. The Morgan fingerprint density at radius 1 is 1.56 bits per heavy atom. The minimum Gasteiger partial charge on any atom is -0.380 e. The third kappa shape index (κ3) is 1.59. The molecule has 2 aliphatic rings. The van der Waals surface area contributed by atoms with Crippen LogP contribution in [0.1, 0.15) is 24.1 Å². The van der Waals surface area contributed by atoms with Crippen LogP contribution in [-0.4, -0.2) is 30.4 Å². The highest BCUT2D eigenvalue weighted by atomic mass is 16.5. The molecular weight excluding hydrogens is 230 g/mol.